The number of benzene rings is 1. The summed E-state index contributed by atoms with van der Waals surface area (Å²) in [7, 11) is 1.99. The van der Waals surface area contributed by atoms with E-state index in [0.29, 0.717) is 45.3 Å². The van der Waals surface area contributed by atoms with Crippen LogP contribution in [0.3, 0.4) is 0 Å². The van der Waals surface area contributed by atoms with Gasteiger partial charge >= 0.3 is 0 Å². The molecule has 0 fully saturated rings. The SMILES string of the molecule is CCNC(=O)c1cc2c(/C(=N\O)c3ccc4c(c3)OCCN4C)nc(N)nc2s1. The van der Waals surface area contributed by atoms with Gasteiger partial charge in [-0.2, -0.15) is 0 Å². The van der Waals surface area contributed by atoms with Gasteiger partial charge in [-0.15, -0.1) is 11.3 Å². The van der Waals surface area contributed by atoms with Crippen LogP contribution in [0.2, 0.25) is 0 Å². The third-order valence-corrected chi connectivity index (χ3v) is 5.65. The Balaban J connectivity index is 1.83. The van der Waals surface area contributed by atoms with E-state index in [9.17, 15) is 10.0 Å². The molecule has 1 aromatic carbocycles. The Morgan fingerprint density at radius 2 is 2.24 bits per heavy atom. The van der Waals surface area contributed by atoms with Crippen LogP contribution in [0.5, 0.6) is 5.75 Å². The molecular weight excluding hydrogens is 392 g/mol. The zero-order valence-corrected chi connectivity index (χ0v) is 16.8. The van der Waals surface area contributed by atoms with E-state index in [4.69, 9.17) is 10.5 Å². The van der Waals surface area contributed by atoms with E-state index < -0.39 is 0 Å². The van der Waals surface area contributed by atoms with Crippen molar-refractivity contribution in [2.24, 2.45) is 5.16 Å². The molecule has 10 heteroatoms. The second kappa shape index (κ2) is 7.55. The van der Waals surface area contributed by atoms with Crippen molar-refractivity contribution >= 4 is 44.8 Å². The molecule has 9 nitrogen and oxygen atoms in total. The van der Waals surface area contributed by atoms with E-state index in [2.05, 4.69) is 25.3 Å². The lowest BCUT2D eigenvalue weighted by molar-refractivity contribution is 0.0960. The van der Waals surface area contributed by atoms with Gasteiger partial charge in [-0.3, -0.25) is 4.79 Å². The minimum absolute atomic E-state index is 0.0342. The number of carbonyl (C=O) groups excluding carboxylic acids is 1. The number of nitrogens with two attached hydrogens (primary N) is 1. The fourth-order valence-electron chi connectivity index (χ4n) is 3.23. The van der Waals surface area contributed by atoms with E-state index in [0.717, 1.165) is 12.2 Å². The van der Waals surface area contributed by atoms with Crippen molar-refractivity contribution in [1.29, 1.82) is 0 Å². The maximum Gasteiger partial charge on any atom is 0.261 e. The largest absolute Gasteiger partial charge is 0.490 e. The van der Waals surface area contributed by atoms with Crippen molar-refractivity contribution in [2.45, 2.75) is 6.92 Å². The number of rotatable bonds is 4. The van der Waals surface area contributed by atoms with Gasteiger partial charge in [0.05, 0.1) is 17.1 Å². The zero-order chi connectivity index (χ0) is 20.5. The molecule has 4 rings (SSSR count). The molecule has 1 aliphatic heterocycles. The average Bonchev–Trinajstić information content (AvgIpc) is 3.13. The van der Waals surface area contributed by atoms with Crippen LogP contribution in [0.15, 0.2) is 29.4 Å². The van der Waals surface area contributed by atoms with Crippen LogP contribution in [0.1, 0.15) is 27.9 Å². The van der Waals surface area contributed by atoms with E-state index in [1.165, 1.54) is 11.3 Å². The highest BCUT2D eigenvalue weighted by Crippen LogP contribution is 2.33. The minimum Gasteiger partial charge on any atom is -0.490 e. The molecule has 0 saturated heterocycles. The van der Waals surface area contributed by atoms with Crippen LogP contribution < -0.4 is 20.7 Å². The minimum atomic E-state index is -0.201. The third kappa shape index (κ3) is 3.42. The Kier molecular flexibility index (Phi) is 4.93. The van der Waals surface area contributed by atoms with Gasteiger partial charge in [-0.25, -0.2) is 9.97 Å². The number of likely N-dealkylation sites (N-methyl/N-ethyl adjacent to an activating group) is 1. The van der Waals surface area contributed by atoms with Crippen LogP contribution in [-0.4, -0.2) is 53.5 Å². The Morgan fingerprint density at radius 1 is 1.41 bits per heavy atom. The summed E-state index contributed by atoms with van der Waals surface area (Å²) >= 11 is 1.21. The topological polar surface area (TPSA) is 126 Å². The number of hydrogen-bond donors (Lipinski definition) is 3. The van der Waals surface area contributed by atoms with Gasteiger partial charge in [0.1, 0.15) is 28.6 Å². The van der Waals surface area contributed by atoms with Crippen molar-refractivity contribution < 1.29 is 14.7 Å². The molecule has 0 bridgehead atoms. The number of nitrogens with one attached hydrogen (secondary N) is 1. The standard InChI is InChI=1S/C19H20N6O3S/c1-3-21-17(26)14-9-11-16(22-19(20)23-18(11)29-14)15(24-27)10-4-5-12-13(8-10)28-7-6-25(12)2/h4-5,8-9,27H,3,6-7H2,1-2H3,(H,21,26)(H2,20,22,23)/b24-15-. The number of anilines is 2. The smallest absolute Gasteiger partial charge is 0.261 e. The third-order valence-electron chi connectivity index (χ3n) is 4.62. The lowest BCUT2D eigenvalue weighted by atomic mass is 10.0. The van der Waals surface area contributed by atoms with E-state index in [1.54, 1.807) is 12.1 Å². The van der Waals surface area contributed by atoms with Gasteiger partial charge in [0.15, 0.2) is 0 Å². The summed E-state index contributed by atoms with van der Waals surface area (Å²) in [5, 5.41) is 16.6. The average molecular weight is 412 g/mol. The molecule has 29 heavy (non-hydrogen) atoms. The predicted molar refractivity (Wildman–Crippen MR) is 112 cm³/mol. The summed E-state index contributed by atoms with van der Waals surface area (Å²) in [6, 6.07) is 7.24. The van der Waals surface area contributed by atoms with Crippen molar-refractivity contribution in [1.82, 2.24) is 15.3 Å². The van der Waals surface area contributed by atoms with Crippen LogP contribution in [-0.2, 0) is 0 Å². The molecule has 0 unspecified atom stereocenters. The molecule has 1 aliphatic rings. The normalized spacial score (nSPS) is 13.9. The van der Waals surface area contributed by atoms with Gasteiger partial charge in [0.25, 0.3) is 5.91 Å². The van der Waals surface area contributed by atoms with Crippen LogP contribution in [0, 0.1) is 0 Å². The Hall–Kier alpha value is -3.40. The van der Waals surface area contributed by atoms with Gasteiger partial charge in [-0.1, -0.05) is 11.2 Å². The number of hydrogen-bond acceptors (Lipinski definition) is 9. The quantitative estimate of drug-likeness (QED) is 0.340. The van der Waals surface area contributed by atoms with E-state index >= 15 is 0 Å². The first-order valence-electron chi connectivity index (χ1n) is 9.07. The predicted octanol–water partition coefficient (Wildman–Crippen LogP) is 2.08. The molecule has 0 radical (unpaired) electrons. The molecular formula is C19H20N6O3S. The second-order valence-corrected chi connectivity index (χ2v) is 7.55. The molecule has 0 spiro atoms. The first-order chi connectivity index (χ1) is 14.0. The Labute approximate surface area is 170 Å². The molecule has 3 aromatic rings. The summed E-state index contributed by atoms with van der Waals surface area (Å²) in [6.45, 7) is 3.73. The molecule has 4 N–H and O–H groups in total. The van der Waals surface area contributed by atoms with Crippen molar-refractivity contribution in [3.8, 4) is 5.75 Å². The highest BCUT2D eigenvalue weighted by atomic mass is 32.1. The molecule has 0 atom stereocenters. The maximum absolute atomic E-state index is 12.2. The fourth-order valence-corrected chi connectivity index (χ4v) is 4.18. The number of thiophene rings is 1. The molecule has 2 aromatic heterocycles. The summed E-state index contributed by atoms with van der Waals surface area (Å²) in [6.07, 6.45) is 0. The Morgan fingerprint density at radius 3 is 3.00 bits per heavy atom. The van der Waals surface area contributed by atoms with Gasteiger partial charge in [0, 0.05) is 24.5 Å². The Bertz CT molecular complexity index is 1130. The number of ether oxygens (including phenoxy) is 1. The van der Waals surface area contributed by atoms with Crippen LogP contribution >= 0.6 is 11.3 Å². The van der Waals surface area contributed by atoms with Gasteiger partial charge in [-0.05, 0) is 25.1 Å². The summed E-state index contributed by atoms with van der Waals surface area (Å²) in [5.41, 5.74) is 8.04. The van der Waals surface area contributed by atoms with Crippen molar-refractivity contribution in [3.63, 3.8) is 0 Å². The number of oxime groups is 1. The number of fused-ring (bicyclic) bond motifs is 2. The second-order valence-electron chi connectivity index (χ2n) is 6.52. The molecule has 150 valence electrons. The number of nitrogen functional groups attached to an aromatic ring is 1. The first kappa shape index (κ1) is 18.9. The summed E-state index contributed by atoms with van der Waals surface area (Å²) < 4.78 is 5.75. The molecule has 0 saturated carbocycles. The molecule has 0 aliphatic carbocycles. The summed E-state index contributed by atoms with van der Waals surface area (Å²) in [4.78, 5) is 23.9. The van der Waals surface area contributed by atoms with E-state index in [1.807, 2.05) is 26.1 Å². The number of amides is 1. The van der Waals surface area contributed by atoms with Crippen molar-refractivity contribution in [3.05, 3.63) is 40.4 Å². The highest BCUT2D eigenvalue weighted by Gasteiger charge is 2.22. The number of nitrogens with zero attached hydrogens (tertiary/aromatic N) is 4. The zero-order valence-electron chi connectivity index (χ0n) is 16.0. The lowest BCUT2D eigenvalue weighted by Gasteiger charge is -2.28. The van der Waals surface area contributed by atoms with Crippen molar-refractivity contribution in [2.75, 3.05) is 37.4 Å². The highest BCUT2D eigenvalue weighted by molar-refractivity contribution is 7.20. The summed E-state index contributed by atoms with van der Waals surface area (Å²) in [5.74, 6) is 0.531. The van der Waals surface area contributed by atoms with E-state index in [-0.39, 0.29) is 17.6 Å². The monoisotopic (exact) mass is 412 g/mol. The van der Waals surface area contributed by atoms with Crippen LogP contribution in [0.4, 0.5) is 11.6 Å². The molecule has 3 heterocycles. The molecule has 1 amide bonds. The number of aromatic nitrogens is 2. The van der Waals surface area contributed by atoms with Gasteiger partial charge < -0.3 is 25.9 Å². The fraction of sp³-hybridized carbons (Fsp3) is 0.263. The number of carbonyl (C=O) groups is 1. The van der Waals surface area contributed by atoms with Gasteiger partial charge in [0.2, 0.25) is 5.95 Å². The lowest BCUT2D eigenvalue weighted by Crippen LogP contribution is -2.28. The first-order valence-corrected chi connectivity index (χ1v) is 9.89. The maximum atomic E-state index is 12.2. The van der Waals surface area contributed by atoms with Crippen LogP contribution in [0.25, 0.3) is 10.2 Å².